The summed E-state index contributed by atoms with van der Waals surface area (Å²) >= 11 is 0. The van der Waals surface area contributed by atoms with Crippen LogP contribution in [0, 0.1) is 0 Å². The maximum absolute atomic E-state index is 13.3. The minimum Gasteiger partial charge on any atom is -0.438 e. The van der Waals surface area contributed by atoms with Crippen LogP contribution in [0.15, 0.2) is 73.1 Å². The van der Waals surface area contributed by atoms with E-state index in [2.05, 4.69) is 10.3 Å². The number of rotatable bonds is 7. The van der Waals surface area contributed by atoms with Crippen molar-refractivity contribution >= 4 is 12.0 Å². The Labute approximate surface area is 212 Å². The lowest BCUT2D eigenvalue weighted by Gasteiger charge is -2.45. The van der Waals surface area contributed by atoms with Crippen molar-refractivity contribution in [3.8, 4) is 11.1 Å². The van der Waals surface area contributed by atoms with Crippen LogP contribution >= 0.6 is 0 Å². The molecule has 7 heteroatoms. The maximum atomic E-state index is 13.3. The average molecular weight is 488 g/mol. The van der Waals surface area contributed by atoms with Gasteiger partial charge in [0.25, 0.3) is 5.91 Å². The van der Waals surface area contributed by atoms with Crippen LogP contribution in [0.2, 0.25) is 0 Å². The third-order valence-electron chi connectivity index (χ3n) is 6.71. The SMILES string of the molecule is CNC(=O)c1cncc(-c2ccc([C@H](C)N3CC[C@](CC(C)(C)O)(c4ccccc4)OC3=O)cc2)c1. The van der Waals surface area contributed by atoms with Crippen LogP contribution in [0.1, 0.15) is 61.1 Å². The van der Waals surface area contributed by atoms with Gasteiger partial charge in [-0.15, -0.1) is 0 Å². The highest BCUT2D eigenvalue weighted by molar-refractivity contribution is 5.94. The molecule has 188 valence electrons. The molecule has 2 N–H and O–H groups in total. The molecule has 1 aromatic heterocycles. The van der Waals surface area contributed by atoms with Crippen molar-refractivity contribution in [2.24, 2.45) is 0 Å². The third kappa shape index (κ3) is 5.41. The zero-order valence-electron chi connectivity index (χ0n) is 21.2. The number of benzene rings is 2. The summed E-state index contributed by atoms with van der Waals surface area (Å²) in [7, 11) is 1.59. The van der Waals surface area contributed by atoms with Gasteiger partial charge in [-0.1, -0.05) is 54.6 Å². The topological polar surface area (TPSA) is 91.8 Å². The summed E-state index contributed by atoms with van der Waals surface area (Å²) in [6.45, 7) is 5.96. The van der Waals surface area contributed by atoms with Gasteiger partial charge < -0.3 is 20.1 Å². The average Bonchev–Trinajstić information content (AvgIpc) is 2.87. The first-order valence-corrected chi connectivity index (χ1v) is 12.2. The molecule has 0 unspecified atom stereocenters. The van der Waals surface area contributed by atoms with E-state index in [9.17, 15) is 14.7 Å². The molecule has 3 aromatic rings. The van der Waals surface area contributed by atoms with Crippen LogP contribution in [0.4, 0.5) is 4.79 Å². The minimum absolute atomic E-state index is 0.186. The molecule has 0 radical (unpaired) electrons. The molecule has 1 aliphatic heterocycles. The lowest BCUT2D eigenvalue weighted by Crippen LogP contribution is -2.51. The molecule has 2 amide bonds. The molecule has 0 bridgehead atoms. The monoisotopic (exact) mass is 487 g/mol. The van der Waals surface area contributed by atoms with Crippen LogP contribution in [-0.2, 0) is 10.3 Å². The van der Waals surface area contributed by atoms with Crippen molar-refractivity contribution in [2.75, 3.05) is 13.6 Å². The summed E-state index contributed by atoms with van der Waals surface area (Å²) in [5, 5.41) is 13.2. The van der Waals surface area contributed by atoms with Crippen molar-refractivity contribution < 1.29 is 19.4 Å². The summed E-state index contributed by atoms with van der Waals surface area (Å²) in [6.07, 6.45) is 3.75. The van der Waals surface area contributed by atoms with E-state index in [-0.39, 0.29) is 11.9 Å². The lowest BCUT2D eigenvalue weighted by atomic mass is 9.80. The molecule has 0 spiro atoms. The van der Waals surface area contributed by atoms with Crippen molar-refractivity contribution in [1.29, 1.82) is 0 Å². The van der Waals surface area contributed by atoms with Gasteiger partial charge in [0.2, 0.25) is 0 Å². The number of nitrogens with one attached hydrogen (secondary N) is 1. The second-order valence-corrected chi connectivity index (χ2v) is 10.0. The van der Waals surface area contributed by atoms with Crippen molar-refractivity contribution in [3.63, 3.8) is 0 Å². The van der Waals surface area contributed by atoms with Gasteiger partial charge in [0, 0.05) is 44.4 Å². The predicted molar refractivity (Wildman–Crippen MR) is 138 cm³/mol. The Morgan fingerprint density at radius 1 is 1.14 bits per heavy atom. The predicted octanol–water partition coefficient (Wildman–Crippen LogP) is 5.07. The van der Waals surface area contributed by atoms with Gasteiger partial charge >= 0.3 is 6.09 Å². The fourth-order valence-corrected chi connectivity index (χ4v) is 4.89. The molecule has 1 aliphatic rings. The Kier molecular flexibility index (Phi) is 7.13. The number of aliphatic hydroxyl groups is 1. The Morgan fingerprint density at radius 2 is 1.83 bits per heavy atom. The van der Waals surface area contributed by atoms with Crippen LogP contribution in [0.5, 0.6) is 0 Å². The Morgan fingerprint density at radius 3 is 2.44 bits per heavy atom. The molecule has 7 nitrogen and oxygen atoms in total. The van der Waals surface area contributed by atoms with E-state index in [0.717, 1.165) is 22.3 Å². The summed E-state index contributed by atoms with van der Waals surface area (Å²) < 4.78 is 6.11. The highest BCUT2D eigenvalue weighted by Gasteiger charge is 2.46. The van der Waals surface area contributed by atoms with Gasteiger partial charge in [0.15, 0.2) is 0 Å². The number of cyclic esters (lactones) is 1. The molecule has 0 aliphatic carbocycles. The van der Waals surface area contributed by atoms with E-state index in [0.29, 0.717) is 24.9 Å². The summed E-state index contributed by atoms with van der Waals surface area (Å²) in [6, 6.07) is 19.2. The van der Waals surface area contributed by atoms with E-state index in [4.69, 9.17) is 4.74 Å². The molecule has 36 heavy (non-hydrogen) atoms. The molecule has 0 saturated carbocycles. The van der Waals surface area contributed by atoms with Crippen LogP contribution < -0.4 is 5.32 Å². The molecule has 1 saturated heterocycles. The van der Waals surface area contributed by atoms with Crippen LogP contribution in [0.3, 0.4) is 0 Å². The number of nitrogens with zero attached hydrogens (tertiary/aromatic N) is 2. The number of ether oxygens (including phenoxy) is 1. The number of hydrogen-bond acceptors (Lipinski definition) is 5. The number of amides is 2. The van der Waals surface area contributed by atoms with E-state index >= 15 is 0 Å². The Balaban J connectivity index is 1.52. The standard InChI is InChI=1S/C29H33N3O4/c1-20(21-10-12-22(13-11-21)23-16-24(18-31-17-23)26(33)30-4)32-15-14-29(36-27(32)34,19-28(2,3)35)25-8-6-5-7-9-25/h5-13,16-18,20,35H,14-15,19H2,1-4H3,(H,30,33)/t20-,29-/m0/s1. The molecule has 4 rings (SSSR count). The van der Waals surface area contributed by atoms with Gasteiger partial charge in [-0.25, -0.2) is 4.79 Å². The molecule has 1 fully saturated rings. The zero-order valence-corrected chi connectivity index (χ0v) is 21.2. The van der Waals surface area contributed by atoms with Gasteiger partial charge in [0.1, 0.15) is 5.60 Å². The van der Waals surface area contributed by atoms with E-state index in [1.165, 1.54) is 6.20 Å². The van der Waals surface area contributed by atoms with E-state index < -0.39 is 17.3 Å². The number of hydrogen-bond donors (Lipinski definition) is 2. The molecular weight excluding hydrogens is 454 g/mol. The first-order valence-electron chi connectivity index (χ1n) is 12.2. The van der Waals surface area contributed by atoms with Crippen LogP contribution in [-0.4, -0.2) is 46.2 Å². The van der Waals surface area contributed by atoms with Crippen molar-refractivity contribution in [1.82, 2.24) is 15.2 Å². The third-order valence-corrected chi connectivity index (χ3v) is 6.71. The normalized spacial score (nSPS) is 18.9. The number of aromatic nitrogens is 1. The number of pyridine rings is 1. The first kappa shape index (κ1) is 25.4. The maximum Gasteiger partial charge on any atom is 0.411 e. The van der Waals surface area contributed by atoms with E-state index in [1.54, 1.807) is 38.1 Å². The second-order valence-electron chi connectivity index (χ2n) is 10.0. The highest BCUT2D eigenvalue weighted by atomic mass is 16.6. The zero-order chi connectivity index (χ0) is 25.9. The Bertz CT molecular complexity index is 1220. The quantitative estimate of drug-likeness (QED) is 0.486. The fourth-order valence-electron chi connectivity index (χ4n) is 4.89. The van der Waals surface area contributed by atoms with Gasteiger partial charge in [-0.05, 0) is 43.5 Å². The second kappa shape index (κ2) is 10.1. The minimum atomic E-state index is -0.996. The van der Waals surface area contributed by atoms with Gasteiger partial charge in [0.05, 0.1) is 17.2 Å². The smallest absolute Gasteiger partial charge is 0.411 e. The largest absolute Gasteiger partial charge is 0.438 e. The fraction of sp³-hybridized carbons (Fsp3) is 0.345. The summed E-state index contributed by atoms with van der Waals surface area (Å²) in [5.74, 6) is -0.186. The van der Waals surface area contributed by atoms with Crippen molar-refractivity contribution in [2.45, 2.75) is 50.9 Å². The first-order chi connectivity index (χ1) is 17.1. The number of carbonyl (C=O) groups excluding carboxylic acids is 2. The van der Waals surface area contributed by atoms with Crippen LogP contribution in [0.25, 0.3) is 11.1 Å². The van der Waals surface area contributed by atoms with Gasteiger partial charge in [-0.2, -0.15) is 0 Å². The van der Waals surface area contributed by atoms with Gasteiger partial charge in [-0.3, -0.25) is 9.78 Å². The number of carbonyl (C=O) groups is 2. The van der Waals surface area contributed by atoms with E-state index in [1.807, 2.05) is 61.5 Å². The summed E-state index contributed by atoms with van der Waals surface area (Å²) in [4.78, 5) is 31.1. The summed E-state index contributed by atoms with van der Waals surface area (Å²) in [5.41, 5.74) is 2.26. The highest BCUT2D eigenvalue weighted by Crippen LogP contribution is 2.42. The molecule has 2 heterocycles. The lowest BCUT2D eigenvalue weighted by molar-refractivity contribution is -0.101. The molecule has 2 atom stereocenters. The Hall–Kier alpha value is -3.71. The van der Waals surface area contributed by atoms with Crippen molar-refractivity contribution in [3.05, 3.63) is 89.7 Å². The molecule has 2 aromatic carbocycles. The molecular formula is C29H33N3O4.